The summed E-state index contributed by atoms with van der Waals surface area (Å²) < 4.78 is 5.19. The second kappa shape index (κ2) is 9.47. The van der Waals surface area contributed by atoms with Crippen molar-refractivity contribution in [3.8, 4) is 0 Å². The largest absolute Gasteiger partial charge is 0.449 e. The monoisotopic (exact) mass is 387 g/mol. The first-order valence-electron chi connectivity index (χ1n) is 8.54. The molecule has 0 fully saturated rings. The van der Waals surface area contributed by atoms with Gasteiger partial charge in [0.1, 0.15) is 0 Å². The highest BCUT2D eigenvalue weighted by molar-refractivity contribution is 6.00. The van der Waals surface area contributed by atoms with Gasteiger partial charge in [-0.1, -0.05) is 18.2 Å². The number of para-hydroxylation sites is 1. The lowest BCUT2D eigenvalue weighted by Crippen LogP contribution is -2.30. The van der Waals surface area contributed by atoms with Crippen molar-refractivity contribution in [1.29, 1.82) is 0 Å². The highest BCUT2D eigenvalue weighted by Crippen LogP contribution is 2.23. The number of nitro groups is 1. The van der Waals surface area contributed by atoms with Crippen molar-refractivity contribution in [2.24, 2.45) is 0 Å². The van der Waals surface area contributed by atoms with E-state index in [4.69, 9.17) is 9.84 Å². The van der Waals surface area contributed by atoms with Crippen LogP contribution < -0.4 is 10.6 Å². The van der Waals surface area contributed by atoms with Crippen LogP contribution in [0.25, 0.3) is 0 Å². The lowest BCUT2D eigenvalue weighted by atomic mass is 10.1. The summed E-state index contributed by atoms with van der Waals surface area (Å²) in [7, 11) is 0. The van der Waals surface area contributed by atoms with Gasteiger partial charge in [-0.15, -0.1) is 0 Å². The fourth-order valence-corrected chi connectivity index (χ4v) is 2.38. The zero-order chi connectivity index (χ0) is 20.7. The molecule has 148 valence electrons. The molecule has 3 N–H and O–H groups in total. The van der Waals surface area contributed by atoms with Crippen LogP contribution in [0.5, 0.6) is 0 Å². The normalized spacial score (nSPS) is 11.4. The molecule has 0 bridgehead atoms. The van der Waals surface area contributed by atoms with E-state index in [9.17, 15) is 19.7 Å². The number of nitro benzene ring substituents is 1. The fraction of sp³-hybridized carbons (Fsp3) is 0.263. The minimum Gasteiger partial charge on any atom is -0.449 e. The lowest BCUT2D eigenvalue weighted by Gasteiger charge is -2.16. The Morgan fingerprint density at radius 3 is 2.57 bits per heavy atom. The number of amides is 1. The molecule has 9 nitrogen and oxygen atoms in total. The Morgan fingerprint density at radius 1 is 1.21 bits per heavy atom. The third kappa shape index (κ3) is 5.27. The van der Waals surface area contributed by atoms with Crippen molar-refractivity contribution in [3.63, 3.8) is 0 Å². The van der Waals surface area contributed by atoms with Gasteiger partial charge in [-0.2, -0.15) is 0 Å². The van der Waals surface area contributed by atoms with Crippen molar-refractivity contribution in [2.75, 3.05) is 23.8 Å². The molecule has 0 aliphatic heterocycles. The van der Waals surface area contributed by atoms with Crippen molar-refractivity contribution in [2.45, 2.75) is 20.0 Å². The summed E-state index contributed by atoms with van der Waals surface area (Å²) in [4.78, 5) is 35.2. The molecule has 28 heavy (non-hydrogen) atoms. The van der Waals surface area contributed by atoms with E-state index in [-0.39, 0.29) is 30.1 Å². The highest BCUT2D eigenvalue weighted by Gasteiger charge is 2.23. The molecule has 1 atom stereocenters. The molecule has 0 saturated carbocycles. The molecule has 0 saturated heterocycles. The van der Waals surface area contributed by atoms with E-state index in [1.54, 1.807) is 12.1 Å². The molecule has 0 aromatic heterocycles. The first kappa shape index (κ1) is 20.8. The first-order valence-corrected chi connectivity index (χ1v) is 8.54. The first-order chi connectivity index (χ1) is 13.3. The van der Waals surface area contributed by atoms with Crippen LogP contribution in [0.4, 0.5) is 17.1 Å². The number of non-ortho nitro benzene ring substituents is 1. The Bertz CT molecular complexity index is 884. The van der Waals surface area contributed by atoms with Crippen molar-refractivity contribution in [3.05, 3.63) is 63.7 Å². The predicted molar refractivity (Wildman–Crippen MR) is 103 cm³/mol. The molecule has 0 aliphatic carbocycles. The molecule has 2 rings (SSSR count). The van der Waals surface area contributed by atoms with Crippen LogP contribution >= 0.6 is 0 Å². The van der Waals surface area contributed by atoms with Gasteiger partial charge in [0.2, 0.25) is 0 Å². The summed E-state index contributed by atoms with van der Waals surface area (Å²) >= 11 is 0. The Labute approximate surface area is 161 Å². The number of carbonyl (C=O) groups is 2. The molecular weight excluding hydrogens is 366 g/mol. The van der Waals surface area contributed by atoms with Gasteiger partial charge in [0.05, 0.1) is 17.1 Å². The predicted octanol–water partition coefficient (Wildman–Crippen LogP) is 2.49. The van der Waals surface area contributed by atoms with Crippen LogP contribution in [0.1, 0.15) is 22.8 Å². The van der Waals surface area contributed by atoms with Gasteiger partial charge in [0, 0.05) is 30.1 Å². The third-order valence-electron chi connectivity index (χ3n) is 3.92. The van der Waals surface area contributed by atoms with E-state index in [0.717, 1.165) is 11.6 Å². The number of rotatable bonds is 8. The van der Waals surface area contributed by atoms with Crippen LogP contribution in [-0.4, -0.2) is 41.2 Å². The van der Waals surface area contributed by atoms with Gasteiger partial charge in [-0.05, 0) is 31.5 Å². The summed E-state index contributed by atoms with van der Waals surface area (Å²) in [6.45, 7) is 3.18. The number of hydrogen-bond donors (Lipinski definition) is 3. The summed E-state index contributed by atoms with van der Waals surface area (Å²) in [6.07, 6.45) is -1.13. The van der Waals surface area contributed by atoms with Crippen molar-refractivity contribution >= 4 is 28.9 Å². The maximum absolute atomic E-state index is 12.5. The topological polar surface area (TPSA) is 131 Å². The number of esters is 1. The Morgan fingerprint density at radius 2 is 1.93 bits per heavy atom. The van der Waals surface area contributed by atoms with Gasteiger partial charge in [0.15, 0.2) is 6.10 Å². The van der Waals surface area contributed by atoms with Gasteiger partial charge in [-0.3, -0.25) is 14.9 Å². The average Bonchev–Trinajstić information content (AvgIpc) is 2.67. The Hall–Kier alpha value is -3.46. The van der Waals surface area contributed by atoms with E-state index in [2.05, 4.69) is 10.6 Å². The zero-order valence-corrected chi connectivity index (χ0v) is 15.5. The third-order valence-corrected chi connectivity index (χ3v) is 3.92. The maximum Gasteiger partial charge on any atom is 0.341 e. The van der Waals surface area contributed by atoms with E-state index in [0.29, 0.717) is 5.69 Å². The maximum atomic E-state index is 12.5. The van der Waals surface area contributed by atoms with Gasteiger partial charge >= 0.3 is 5.97 Å². The number of nitrogens with one attached hydrogen (secondary N) is 2. The van der Waals surface area contributed by atoms with E-state index < -0.39 is 22.9 Å². The minimum atomic E-state index is -1.13. The van der Waals surface area contributed by atoms with E-state index >= 15 is 0 Å². The number of aliphatic hydroxyl groups is 1. The molecule has 0 spiro atoms. The second-order valence-corrected chi connectivity index (χ2v) is 5.99. The summed E-state index contributed by atoms with van der Waals surface area (Å²) in [5, 5.41) is 25.4. The standard InChI is InChI=1S/C19H21N3O6/c1-12-5-3-4-6-16(12)21-18(24)13(2)28-19(25)15-11-14(22(26)27)7-8-17(15)20-9-10-23/h3-8,11,13,20,23H,9-10H2,1-2H3,(H,21,24). The number of nitrogens with zero attached hydrogens (tertiary/aromatic N) is 1. The molecule has 0 radical (unpaired) electrons. The fourth-order valence-electron chi connectivity index (χ4n) is 2.38. The smallest absolute Gasteiger partial charge is 0.341 e. The zero-order valence-electron chi connectivity index (χ0n) is 15.5. The van der Waals surface area contributed by atoms with Gasteiger partial charge in [0.25, 0.3) is 11.6 Å². The summed E-state index contributed by atoms with van der Waals surface area (Å²) in [6, 6.07) is 10.8. The van der Waals surface area contributed by atoms with Crippen LogP contribution in [0.3, 0.4) is 0 Å². The molecular formula is C19H21N3O6. The number of carbonyl (C=O) groups excluding carboxylic acids is 2. The van der Waals surface area contributed by atoms with Crippen molar-refractivity contribution < 1.29 is 24.4 Å². The molecule has 1 amide bonds. The Kier molecular flexibility index (Phi) is 7.05. The molecule has 1 unspecified atom stereocenters. The SMILES string of the molecule is Cc1ccccc1NC(=O)C(C)OC(=O)c1cc([N+](=O)[O-])ccc1NCCO. The minimum absolute atomic E-state index is 0.0989. The lowest BCUT2D eigenvalue weighted by molar-refractivity contribution is -0.384. The van der Waals surface area contributed by atoms with Crippen LogP contribution in [0.15, 0.2) is 42.5 Å². The quantitative estimate of drug-likeness (QED) is 0.360. The summed E-state index contributed by atoms with van der Waals surface area (Å²) in [5.41, 5.74) is 1.31. The van der Waals surface area contributed by atoms with E-state index in [1.807, 2.05) is 19.1 Å². The average molecular weight is 387 g/mol. The number of ether oxygens (including phenoxy) is 1. The number of aryl methyl sites for hydroxylation is 1. The highest BCUT2D eigenvalue weighted by atomic mass is 16.6. The Balaban J connectivity index is 2.15. The number of hydrogen-bond acceptors (Lipinski definition) is 7. The molecule has 9 heteroatoms. The number of anilines is 2. The van der Waals surface area contributed by atoms with E-state index in [1.165, 1.54) is 19.1 Å². The van der Waals surface area contributed by atoms with Crippen LogP contribution in [0, 0.1) is 17.0 Å². The van der Waals surface area contributed by atoms with Crippen LogP contribution in [0.2, 0.25) is 0 Å². The van der Waals surface area contributed by atoms with Crippen LogP contribution in [-0.2, 0) is 9.53 Å². The molecule has 0 aliphatic rings. The number of aliphatic hydroxyl groups excluding tert-OH is 1. The van der Waals surface area contributed by atoms with Crippen molar-refractivity contribution in [1.82, 2.24) is 0 Å². The van der Waals surface area contributed by atoms with Gasteiger partial charge in [-0.25, -0.2) is 4.79 Å². The molecule has 2 aromatic carbocycles. The second-order valence-electron chi connectivity index (χ2n) is 5.99. The molecule has 0 heterocycles. The summed E-state index contributed by atoms with van der Waals surface area (Å²) in [5.74, 6) is -1.42. The molecule has 2 aromatic rings. The van der Waals surface area contributed by atoms with Gasteiger partial charge < -0.3 is 20.5 Å². The number of benzene rings is 2.